The van der Waals surface area contributed by atoms with Gasteiger partial charge in [-0.15, -0.1) is 0 Å². The van der Waals surface area contributed by atoms with Gasteiger partial charge in [0.15, 0.2) is 11.6 Å². The summed E-state index contributed by atoms with van der Waals surface area (Å²) in [4.78, 5) is 0. The Labute approximate surface area is 131 Å². The van der Waals surface area contributed by atoms with Crippen LogP contribution in [0.15, 0.2) is 40.9 Å². The largest absolute Gasteiger partial charge is 0.494 e. The minimum Gasteiger partial charge on any atom is -0.494 e. The van der Waals surface area contributed by atoms with E-state index in [4.69, 9.17) is 4.74 Å². The zero-order valence-electron chi connectivity index (χ0n) is 11.8. The molecule has 0 amide bonds. The molecule has 0 aliphatic heterocycles. The molecule has 0 aliphatic rings. The van der Waals surface area contributed by atoms with Crippen LogP contribution in [0.4, 0.5) is 8.78 Å². The van der Waals surface area contributed by atoms with Crippen LogP contribution in [-0.2, 0) is 6.42 Å². The van der Waals surface area contributed by atoms with Crippen molar-refractivity contribution in [1.82, 2.24) is 5.32 Å². The summed E-state index contributed by atoms with van der Waals surface area (Å²) in [5.41, 5.74) is 1.62. The van der Waals surface area contributed by atoms with E-state index in [1.54, 1.807) is 19.2 Å². The lowest BCUT2D eigenvalue weighted by molar-refractivity contribution is 0.385. The number of nitrogens with one attached hydrogen (secondary N) is 1. The van der Waals surface area contributed by atoms with Gasteiger partial charge in [0.05, 0.1) is 7.11 Å². The normalized spacial score (nSPS) is 12.2. The molecule has 2 aromatic rings. The average Bonchev–Trinajstić information content (AvgIpc) is 2.43. The fourth-order valence-electron chi connectivity index (χ4n) is 2.25. The van der Waals surface area contributed by atoms with E-state index in [0.29, 0.717) is 10.9 Å². The topological polar surface area (TPSA) is 21.3 Å². The summed E-state index contributed by atoms with van der Waals surface area (Å²) in [6.45, 7) is 0. The van der Waals surface area contributed by atoms with Gasteiger partial charge in [-0.2, -0.15) is 0 Å². The van der Waals surface area contributed by atoms with Gasteiger partial charge in [0, 0.05) is 10.5 Å². The molecular weight excluding hydrogens is 340 g/mol. The summed E-state index contributed by atoms with van der Waals surface area (Å²) in [6.07, 6.45) is 0.554. The first kappa shape index (κ1) is 15.9. The van der Waals surface area contributed by atoms with Crippen LogP contribution in [0.25, 0.3) is 0 Å². The van der Waals surface area contributed by atoms with Crippen molar-refractivity contribution >= 4 is 15.9 Å². The molecule has 0 saturated heterocycles. The maximum atomic E-state index is 13.8. The average molecular weight is 356 g/mol. The molecule has 2 aromatic carbocycles. The van der Waals surface area contributed by atoms with Gasteiger partial charge in [0.25, 0.3) is 0 Å². The summed E-state index contributed by atoms with van der Waals surface area (Å²) in [5.74, 6) is -0.493. The quantitative estimate of drug-likeness (QED) is 0.865. The highest BCUT2D eigenvalue weighted by molar-refractivity contribution is 9.10. The molecule has 1 atom stereocenters. The van der Waals surface area contributed by atoms with E-state index in [0.717, 1.165) is 11.1 Å². The molecule has 21 heavy (non-hydrogen) atoms. The molecule has 2 nitrogen and oxygen atoms in total. The van der Waals surface area contributed by atoms with Crippen molar-refractivity contribution in [1.29, 1.82) is 0 Å². The van der Waals surface area contributed by atoms with Crippen LogP contribution in [0.5, 0.6) is 5.75 Å². The van der Waals surface area contributed by atoms with E-state index >= 15 is 0 Å². The molecule has 1 unspecified atom stereocenters. The van der Waals surface area contributed by atoms with E-state index in [2.05, 4.69) is 21.2 Å². The molecule has 0 saturated carbocycles. The monoisotopic (exact) mass is 355 g/mol. The highest BCUT2D eigenvalue weighted by atomic mass is 79.9. The van der Waals surface area contributed by atoms with Gasteiger partial charge < -0.3 is 10.1 Å². The molecule has 5 heteroatoms. The summed E-state index contributed by atoms with van der Waals surface area (Å²) in [7, 11) is 3.22. The Balaban J connectivity index is 2.25. The second kappa shape index (κ2) is 7.00. The molecule has 0 bridgehead atoms. The number of hydrogen-bond donors (Lipinski definition) is 1. The van der Waals surface area contributed by atoms with Crippen LogP contribution in [0.3, 0.4) is 0 Å². The molecule has 0 spiro atoms. The molecular formula is C16H16BrF2NO. The summed E-state index contributed by atoms with van der Waals surface area (Å²) < 4.78 is 32.8. The zero-order chi connectivity index (χ0) is 15.4. The van der Waals surface area contributed by atoms with Gasteiger partial charge in [0.2, 0.25) is 0 Å². The van der Waals surface area contributed by atoms with Gasteiger partial charge in [0.1, 0.15) is 5.82 Å². The number of ether oxygens (including phenoxy) is 1. The number of benzene rings is 2. The highest BCUT2D eigenvalue weighted by Gasteiger charge is 2.14. The number of halogens is 3. The predicted molar refractivity (Wildman–Crippen MR) is 82.6 cm³/mol. The van der Waals surface area contributed by atoms with Crippen molar-refractivity contribution in [2.24, 2.45) is 0 Å². The van der Waals surface area contributed by atoms with Crippen molar-refractivity contribution in [2.75, 3.05) is 14.2 Å². The lowest BCUT2D eigenvalue weighted by Gasteiger charge is -2.18. The third-order valence-corrected chi connectivity index (χ3v) is 3.75. The SMILES string of the molecule is CNC(Cc1cc(F)cc(Br)c1)c1ccc(OC)c(F)c1. The van der Waals surface area contributed by atoms with Gasteiger partial charge in [-0.3, -0.25) is 0 Å². The third-order valence-electron chi connectivity index (χ3n) is 3.29. The standard InChI is InChI=1S/C16H16BrF2NO/c1-20-15(7-10-5-12(17)9-13(18)6-10)11-3-4-16(21-2)14(19)8-11/h3-6,8-9,15,20H,7H2,1-2H3. The zero-order valence-corrected chi connectivity index (χ0v) is 13.4. The van der Waals surface area contributed by atoms with E-state index in [9.17, 15) is 8.78 Å². The first-order valence-corrected chi connectivity index (χ1v) is 7.28. The third kappa shape index (κ3) is 4.02. The Kier molecular flexibility index (Phi) is 5.31. The summed E-state index contributed by atoms with van der Waals surface area (Å²) >= 11 is 3.27. The first-order chi connectivity index (χ1) is 10.0. The summed E-state index contributed by atoms with van der Waals surface area (Å²) in [6, 6.07) is 9.47. The minimum absolute atomic E-state index is 0.112. The highest BCUT2D eigenvalue weighted by Crippen LogP contribution is 2.25. The van der Waals surface area contributed by atoms with Crippen molar-refractivity contribution < 1.29 is 13.5 Å². The fourth-order valence-corrected chi connectivity index (χ4v) is 2.76. The van der Waals surface area contributed by atoms with E-state index in [1.807, 2.05) is 6.07 Å². The molecule has 0 aromatic heterocycles. The first-order valence-electron chi connectivity index (χ1n) is 6.49. The minimum atomic E-state index is -0.407. The van der Waals surface area contributed by atoms with Crippen molar-refractivity contribution in [3.8, 4) is 5.75 Å². The Morgan fingerprint density at radius 1 is 1.19 bits per heavy atom. The second-order valence-corrected chi connectivity index (χ2v) is 5.63. The lowest BCUT2D eigenvalue weighted by Crippen LogP contribution is -2.19. The molecule has 0 heterocycles. The van der Waals surface area contributed by atoms with Crippen molar-refractivity contribution in [3.05, 3.63) is 63.6 Å². The maximum absolute atomic E-state index is 13.8. The Hall–Kier alpha value is -1.46. The van der Waals surface area contributed by atoms with Gasteiger partial charge in [-0.25, -0.2) is 8.78 Å². The molecule has 0 radical (unpaired) electrons. The van der Waals surface area contributed by atoms with Crippen LogP contribution >= 0.6 is 15.9 Å². The van der Waals surface area contributed by atoms with Crippen LogP contribution in [0.2, 0.25) is 0 Å². The van der Waals surface area contributed by atoms with Crippen LogP contribution in [0, 0.1) is 11.6 Å². The second-order valence-electron chi connectivity index (χ2n) is 4.72. The molecule has 112 valence electrons. The smallest absolute Gasteiger partial charge is 0.165 e. The van der Waals surface area contributed by atoms with Crippen molar-refractivity contribution in [2.45, 2.75) is 12.5 Å². The number of likely N-dealkylation sites (N-methyl/N-ethyl adjacent to an activating group) is 1. The van der Waals surface area contributed by atoms with Gasteiger partial charge in [-0.1, -0.05) is 22.0 Å². The van der Waals surface area contributed by atoms with E-state index < -0.39 is 5.82 Å². The Morgan fingerprint density at radius 3 is 2.52 bits per heavy atom. The number of hydrogen-bond acceptors (Lipinski definition) is 2. The van der Waals surface area contributed by atoms with Crippen LogP contribution < -0.4 is 10.1 Å². The predicted octanol–water partition coefficient (Wildman–Crippen LogP) is 4.24. The molecule has 0 aliphatic carbocycles. The Morgan fingerprint density at radius 2 is 1.95 bits per heavy atom. The fraction of sp³-hybridized carbons (Fsp3) is 0.250. The van der Waals surface area contributed by atoms with Crippen molar-refractivity contribution in [3.63, 3.8) is 0 Å². The molecule has 2 rings (SSSR count). The number of rotatable bonds is 5. The van der Waals surface area contributed by atoms with E-state index in [-0.39, 0.29) is 17.6 Å². The molecule has 1 N–H and O–H groups in total. The molecule has 0 fully saturated rings. The number of methoxy groups -OCH3 is 1. The maximum Gasteiger partial charge on any atom is 0.165 e. The van der Waals surface area contributed by atoms with Gasteiger partial charge >= 0.3 is 0 Å². The lowest BCUT2D eigenvalue weighted by atomic mass is 9.98. The van der Waals surface area contributed by atoms with Gasteiger partial charge in [-0.05, 0) is 54.9 Å². The van der Waals surface area contributed by atoms with E-state index in [1.165, 1.54) is 25.3 Å². The Bertz CT molecular complexity index is 613. The van der Waals surface area contributed by atoms with Crippen LogP contribution in [-0.4, -0.2) is 14.2 Å². The van der Waals surface area contributed by atoms with Crippen LogP contribution in [0.1, 0.15) is 17.2 Å². The summed E-state index contributed by atoms with van der Waals surface area (Å²) in [5, 5.41) is 3.13.